The molecule has 0 N–H and O–H groups in total. The van der Waals surface area contributed by atoms with Crippen molar-refractivity contribution in [3.63, 3.8) is 0 Å². The fourth-order valence-corrected chi connectivity index (χ4v) is 3.02. The molecule has 0 spiro atoms. The Morgan fingerprint density at radius 3 is 2.75 bits per heavy atom. The van der Waals surface area contributed by atoms with Crippen molar-refractivity contribution in [2.45, 2.75) is 19.5 Å². The summed E-state index contributed by atoms with van der Waals surface area (Å²) in [6.07, 6.45) is 1.87. The van der Waals surface area contributed by atoms with Crippen molar-refractivity contribution in [1.29, 1.82) is 0 Å². The van der Waals surface area contributed by atoms with Gasteiger partial charge >= 0.3 is 5.76 Å². The van der Waals surface area contributed by atoms with E-state index >= 15 is 0 Å². The van der Waals surface area contributed by atoms with Gasteiger partial charge in [-0.25, -0.2) is 4.79 Å². The van der Waals surface area contributed by atoms with Gasteiger partial charge in [-0.05, 0) is 29.8 Å². The van der Waals surface area contributed by atoms with Crippen LogP contribution in [0.25, 0.3) is 11.1 Å². The number of aromatic nitrogens is 1. The van der Waals surface area contributed by atoms with Gasteiger partial charge in [0.1, 0.15) is 12.4 Å². The molecule has 146 valence electrons. The zero-order valence-corrected chi connectivity index (χ0v) is 16.3. The molecule has 28 heavy (non-hydrogen) atoms. The lowest BCUT2D eigenvalue weighted by Gasteiger charge is -2.17. The van der Waals surface area contributed by atoms with E-state index in [0.717, 1.165) is 11.3 Å². The number of halogens is 1. The van der Waals surface area contributed by atoms with Gasteiger partial charge in [-0.2, -0.15) is 0 Å². The van der Waals surface area contributed by atoms with E-state index < -0.39 is 5.76 Å². The quantitative estimate of drug-likeness (QED) is 0.538. The minimum absolute atomic E-state index is 0.0674. The summed E-state index contributed by atoms with van der Waals surface area (Å²) in [5.74, 6) is 0.189. The van der Waals surface area contributed by atoms with Crippen LogP contribution in [-0.4, -0.2) is 29.0 Å². The first kappa shape index (κ1) is 19.8. The molecule has 0 saturated carbocycles. The van der Waals surface area contributed by atoms with Crippen LogP contribution in [0.1, 0.15) is 12.0 Å². The number of carbonyl (C=O) groups excluding carboxylic acids is 1. The molecule has 0 aliphatic carbocycles. The molecule has 0 saturated heterocycles. The molecule has 3 aromatic rings. The van der Waals surface area contributed by atoms with Gasteiger partial charge in [0.25, 0.3) is 0 Å². The molecule has 6 nitrogen and oxygen atoms in total. The van der Waals surface area contributed by atoms with Crippen LogP contribution in [0.15, 0.2) is 64.3 Å². The fraction of sp³-hybridized carbons (Fsp3) is 0.238. The largest absolute Gasteiger partial charge is 0.490 e. The lowest BCUT2D eigenvalue weighted by Crippen LogP contribution is -2.28. The van der Waals surface area contributed by atoms with E-state index in [0.29, 0.717) is 29.3 Å². The molecule has 3 rings (SSSR count). The lowest BCUT2D eigenvalue weighted by molar-refractivity contribution is -0.130. The Morgan fingerprint density at radius 1 is 1.29 bits per heavy atom. The highest BCUT2D eigenvalue weighted by molar-refractivity contribution is 6.31. The Labute approximate surface area is 167 Å². The van der Waals surface area contributed by atoms with Crippen molar-refractivity contribution in [1.82, 2.24) is 9.47 Å². The maximum atomic E-state index is 12.5. The number of hydrogen-bond donors (Lipinski definition) is 0. The van der Waals surface area contributed by atoms with Gasteiger partial charge < -0.3 is 14.1 Å². The number of ether oxygens (including phenoxy) is 1. The molecule has 0 aliphatic heterocycles. The molecule has 1 heterocycles. The molecular weight excluding hydrogens is 380 g/mol. The van der Waals surface area contributed by atoms with E-state index in [-0.39, 0.29) is 18.9 Å². The standard InChI is InChI=1S/C21H21ClN2O4/c1-3-12-27-17-7-4-15(5-8-17)14-23(2)20(25)10-11-24-18-9-6-16(22)13-19(18)28-21(24)26/h3-9,13H,1,10-12,14H2,2H3. The molecule has 0 radical (unpaired) electrons. The van der Waals surface area contributed by atoms with Gasteiger partial charge in [-0.15, -0.1) is 0 Å². The molecule has 0 aliphatic rings. The van der Waals surface area contributed by atoms with Crippen LogP contribution >= 0.6 is 11.6 Å². The second kappa shape index (κ2) is 8.80. The Morgan fingerprint density at radius 2 is 2.04 bits per heavy atom. The summed E-state index contributed by atoms with van der Waals surface area (Å²) in [6.45, 7) is 4.77. The van der Waals surface area contributed by atoms with E-state index in [1.165, 1.54) is 4.57 Å². The third kappa shape index (κ3) is 4.64. The van der Waals surface area contributed by atoms with Gasteiger partial charge in [0, 0.05) is 37.6 Å². The van der Waals surface area contributed by atoms with Crippen LogP contribution in [0, 0.1) is 0 Å². The molecule has 7 heteroatoms. The maximum absolute atomic E-state index is 12.5. The van der Waals surface area contributed by atoms with Gasteiger partial charge in [0.2, 0.25) is 5.91 Å². The zero-order valence-electron chi connectivity index (χ0n) is 15.6. The molecule has 0 bridgehead atoms. The minimum atomic E-state index is -0.497. The Kier molecular flexibility index (Phi) is 6.21. The highest BCUT2D eigenvalue weighted by Crippen LogP contribution is 2.19. The monoisotopic (exact) mass is 400 g/mol. The Hall–Kier alpha value is -2.99. The fourth-order valence-electron chi connectivity index (χ4n) is 2.86. The summed E-state index contributed by atoms with van der Waals surface area (Å²) in [4.78, 5) is 26.1. The zero-order chi connectivity index (χ0) is 20.1. The average Bonchev–Trinajstić information content (AvgIpc) is 2.99. The van der Waals surface area contributed by atoms with E-state index in [4.69, 9.17) is 20.8 Å². The first-order valence-electron chi connectivity index (χ1n) is 8.83. The van der Waals surface area contributed by atoms with Crippen LogP contribution in [0.3, 0.4) is 0 Å². The summed E-state index contributed by atoms with van der Waals surface area (Å²) in [7, 11) is 1.74. The van der Waals surface area contributed by atoms with Gasteiger partial charge in [-0.3, -0.25) is 9.36 Å². The SMILES string of the molecule is C=CCOc1ccc(CN(C)C(=O)CCn2c(=O)oc3cc(Cl)ccc32)cc1. The number of amides is 1. The summed E-state index contributed by atoms with van der Waals surface area (Å²) < 4.78 is 12.1. The van der Waals surface area contributed by atoms with Crippen molar-refractivity contribution in [2.24, 2.45) is 0 Å². The van der Waals surface area contributed by atoms with Crippen LogP contribution < -0.4 is 10.5 Å². The highest BCUT2D eigenvalue weighted by Gasteiger charge is 2.14. The van der Waals surface area contributed by atoms with Crippen LogP contribution in [0.5, 0.6) is 5.75 Å². The summed E-state index contributed by atoms with van der Waals surface area (Å²) in [6, 6.07) is 12.5. The van der Waals surface area contributed by atoms with Gasteiger partial charge in [0.15, 0.2) is 5.58 Å². The second-order valence-electron chi connectivity index (χ2n) is 6.38. The first-order valence-corrected chi connectivity index (χ1v) is 9.21. The van der Waals surface area contributed by atoms with Crippen molar-refractivity contribution in [3.8, 4) is 5.75 Å². The number of rotatable bonds is 8. The number of hydrogen-bond acceptors (Lipinski definition) is 4. The third-order valence-electron chi connectivity index (χ3n) is 4.32. The van der Waals surface area contributed by atoms with Crippen LogP contribution in [0.4, 0.5) is 0 Å². The lowest BCUT2D eigenvalue weighted by atomic mass is 10.2. The first-order chi connectivity index (χ1) is 13.5. The highest BCUT2D eigenvalue weighted by atomic mass is 35.5. The van der Waals surface area contributed by atoms with E-state index in [1.807, 2.05) is 24.3 Å². The second-order valence-corrected chi connectivity index (χ2v) is 6.81. The van der Waals surface area contributed by atoms with Crippen molar-refractivity contribution in [3.05, 3.63) is 76.3 Å². The van der Waals surface area contributed by atoms with Gasteiger partial charge in [0.05, 0.1) is 5.52 Å². The normalized spacial score (nSPS) is 10.8. The van der Waals surface area contributed by atoms with Gasteiger partial charge in [-0.1, -0.05) is 36.4 Å². The molecule has 2 aromatic carbocycles. The van der Waals surface area contributed by atoms with Crippen molar-refractivity contribution < 1.29 is 13.9 Å². The number of aryl methyl sites for hydroxylation is 1. The smallest absolute Gasteiger partial charge is 0.419 e. The summed E-state index contributed by atoms with van der Waals surface area (Å²) in [5, 5.41) is 0.491. The van der Waals surface area contributed by atoms with E-state index in [9.17, 15) is 9.59 Å². The number of nitrogens with zero attached hydrogens (tertiary/aromatic N) is 2. The average molecular weight is 401 g/mol. The molecule has 0 unspecified atom stereocenters. The van der Waals surface area contributed by atoms with Crippen molar-refractivity contribution in [2.75, 3.05) is 13.7 Å². The third-order valence-corrected chi connectivity index (χ3v) is 4.55. The molecule has 1 amide bonds. The minimum Gasteiger partial charge on any atom is -0.490 e. The number of carbonyl (C=O) groups is 1. The van der Waals surface area contributed by atoms with Crippen molar-refractivity contribution >= 4 is 28.6 Å². The molecular formula is C21H21ClN2O4. The summed E-state index contributed by atoms with van der Waals surface area (Å²) >= 11 is 5.92. The number of benzene rings is 2. The Bertz CT molecular complexity index is 1040. The predicted molar refractivity (Wildman–Crippen MR) is 109 cm³/mol. The number of fused-ring (bicyclic) bond motifs is 1. The van der Waals surface area contributed by atoms with E-state index in [2.05, 4.69) is 6.58 Å². The van der Waals surface area contributed by atoms with E-state index in [1.54, 1.807) is 36.2 Å². The molecule has 0 fully saturated rings. The van der Waals surface area contributed by atoms with Crippen LogP contribution in [0.2, 0.25) is 5.02 Å². The number of oxazole rings is 1. The maximum Gasteiger partial charge on any atom is 0.419 e. The Balaban J connectivity index is 1.59. The van der Waals surface area contributed by atoms with Crippen LogP contribution in [-0.2, 0) is 17.9 Å². The summed E-state index contributed by atoms with van der Waals surface area (Å²) in [5.41, 5.74) is 2.03. The molecule has 1 aromatic heterocycles. The topological polar surface area (TPSA) is 64.7 Å². The molecule has 0 atom stereocenters. The predicted octanol–water partition coefficient (Wildman–Crippen LogP) is 3.86.